The van der Waals surface area contributed by atoms with E-state index in [0.717, 1.165) is 44.1 Å². The van der Waals surface area contributed by atoms with Gasteiger partial charge < -0.3 is 4.42 Å². The fourth-order valence-electron chi connectivity index (χ4n) is 3.71. The van der Waals surface area contributed by atoms with E-state index in [-0.39, 0.29) is 30.0 Å². The molecule has 1 fully saturated rings. The number of amides is 2. The molecule has 26 heavy (non-hydrogen) atoms. The zero-order valence-corrected chi connectivity index (χ0v) is 15.3. The summed E-state index contributed by atoms with van der Waals surface area (Å²) in [5, 5.41) is 2.07. The molecule has 6 heteroatoms. The number of aryl methyl sites for hydroxylation is 2. The largest absolute Gasteiger partial charge is 0.426 e. The van der Waals surface area contributed by atoms with Crippen molar-refractivity contribution in [3.8, 4) is 0 Å². The second-order valence-electron chi connectivity index (χ2n) is 7.01. The van der Waals surface area contributed by atoms with E-state index in [1.54, 1.807) is 11.3 Å². The molecule has 136 valence electrons. The van der Waals surface area contributed by atoms with Gasteiger partial charge in [-0.2, -0.15) is 0 Å². The van der Waals surface area contributed by atoms with Gasteiger partial charge in [0.05, 0.1) is 12.0 Å². The normalized spacial score (nSPS) is 17.3. The predicted molar refractivity (Wildman–Crippen MR) is 98.5 cm³/mol. The molecular weight excluding hydrogens is 350 g/mol. The minimum absolute atomic E-state index is 0.00977. The lowest BCUT2D eigenvalue weighted by molar-refractivity contribution is -0.132. The Morgan fingerprint density at radius 1 is 1.15 bits per heavy atom. The Kier molecular flexibility index (Phi) is 4.76. The highest BCUT2D eigenvalue weighted by atomic mass is 32.1. The highest BCUT2D eigenvalue weighted by Crippen LogP contribution is 2.31. The molecule has 0 aromatic carbocycles. The van der Waals surface area contributed by atoms with E-state index in [9.17, 15) is 14.4 Å². The van der Waals surface area contributed by atoms with Gasteiger partial charge in [-0.05, 0) is 62.0 Å². The number of hydrogen-bond acceptors (Lipinski definition) is 5. The van der Waals surface area contributed by atoms with Gasteiger partial charge in [0.1, 0.15) is 5.76 Å². The molecule has 0 spiro atoms. The van der Waals surface area contributed by atoms with Crippen LogP contribution in [0.15, 0.2) is 32.8 Å². The average Bonchev–Trinajstić information content (AvgIpc) is 3.06. The number of fused-ring (bicyclic) bond motifs is 1. The lowest BCUT2D eigenvalue weighted by Gasteiger charge is -2.38. The molecule has 1 aliphatic carbocycles. The fourth-order valence-corrected chi connectivity index (χ4v) is 4.47. The van der Waals surface area contributed by atoms with Crippen LogP contribution < -0.4 is 5.63 Å². The van der Waals surface area contributed by atoms with Crippen LogP contribution in [0.4, 0.5) is 0 Å². The molecular formula is C20H21NO4S. The number of nitrogens with zero attached hydrogens (tertiary/aromatic N) is 1. The molecule has 2 aromatic heterocycles. The molecule has 2 aromatic rings. The van der Waals surface area contributed by atoms with Crippen LogP contribution in [-0.4, -0.2) is 22.8 Å². The maximum Gasteiger partial charge on any atom is 0.336 e. The summed E-state index contributed by atoms with van der Waals surface area (Å²) < 4.78 is 5.20. The average molecular weight is 371 g/mol. The van der Waals surface area contributed by atoms with Crippen LogP contribution in [0.1, 0.15) is 58.7 Å². The first-order chi connectivity index (χ1) is 12.6. The third-order valence-corrected chi connectivity index (χ3v) is 6.20. The van der Waals surface area contributed by atoms with Crippen molar-refractivity contribution in [2.24, 2.45) is 0 Å². The van der Waals surface area contributed by atoms with E-state index in [1.807, 2.05) is 6.07 Å². The highest BCUT2D eigenvalue weighted by Gasteiger charge is 2.40. The van der Waals surface area contributed by atoms with Crippen LogP contribution in [0.3, 0.4) is 0 Å². The van der Waals surface area contributed by atoms with Gasteiger partial charge >= 0.3 is 5.63 Å². The number of carbonyl (C=O) groups is 2. The van der Waals surface area contributed by atoms with Gasteiger partial charge in [-0.1, -0.05) is 6.07 Å². The van der Waals surface area contributed by atoms with E-state index in [1.165, 1.54) is 15.8 Å². The molecule has 0 bridgehead atoms. The van der Waals surface area contributed by atoms with Crippen LogP contribution in [0.25, 0.3) is 0 Å². The SMILES string of the molecule is O=C1Cc2oc(=O)cc(CCCCc3cccs3)c2C(=O)N1C1CCC1. The van der Waals surface area contributed by atoms with Crippen LogP contribution in [0.5, 0.6) is 0 Å². The summed E-state index contributed by atoms with van der Waals surface area (Å²) in [7, 11) is 0. The Hall–Kier alpha value is -2.21. The quantitative estimate of drug-likeness (QED) is 0.577. The van der Waals surface area contributed by atoms with Crippen molar-refractivity contribution >= 4 is 23.2 Å². The van der Waals surface area contributed by atoms with E-state index in [4.69, 9.17) is 4.42 Å². The number of thiophene rings is 1. The molecule has 0 atom stereocenters. The van der Waals surface area contributed by atoms with Crippen molar-refractivity contribution in [1.82, 2.24) is 4.90 Å². The standard InChI is InChI=1S/C20H21NO4S/c22-17-12-16-19(20(24)21(17)14-6-3-7-14)13(11-18(23)25-16)5-1-2-8-15-9-4-10-26-15/h4,9-11,14H,1-3,5-8,12H2. The van der Waals surface area contributed by atoms with Crippen LogP contribution in [0, 0.1) is 0 Å². The highest BCUT2D eigenvalue weighted by molar-refractivity contribution is 7.09. The van der Waals surface area contributed by atoms with Crippen LogP contribution in [0.2, 0.25) is 0 Å². The minimum atomic E-state index is -0.477. The van der Waals surface area contributed by atoms with Crippen molar-refractivity contribution in [3.05, 3.63) is 55.8 Å². The summed E-state index contributed by atoms with van der Waals surface area (Å²) in [6, 6.07) is 5.61. The van der Waals surface area contributed by atoms with Crippen molar-refractivity contribution in [2.45, 2.75) is 57.4 Å². The van der Waals surface area contributed by atoms with E-state index >= 15 is 0 Å². The number of unbranched alkanes of at least 4 members (excludes halogenated alkanes) is 1. The molecule has 1 aliphatic heterocycles. The first kappa shape index (κ1) is 17.2. The molecule has 2 aliphatic rings. The molecule has 3 heterocycles. The smallest absolute Gasteiger partial charge is 0.336 e. The Morgan fingerprint density at radius 2 is 1.96 bits per heavy atom. The van der Waals surface area contributed by atoms with E-state index in [2.05, 4.69) is 11.4 Å². The number of carbonyl (C=O) groups excluding carboxylic acids is 2. The second kappa shape index (κ2) is 7.19. The van der Waals surface area contributed by atoms with Crippen LogP contribution in [-0.2, 0) is 24.1 Å². The third kappa shape index (κ3) is 3.26. The van der Waals surface area contributed by atoms with Gasteiger partial charge in [-0.25, -0.2) is 4.79 Å². The van der Waals surface area contributed by atoms with Gasteiger partial charge in [0.15, 0.2) is 0 Å². The Morgan fingerprint density at radius 3 is 2.65 bits per heavy atom. The Labute approximate surface area is 155 Å². The summed E-state index contributed by atoms with van der Waals surface area (Å²) in [6.45, 7) is 0. The van der Waals surface area contributed by atoms with Gasteiger partial charge in [0.2, 0.25) is 5.91 Å². The van der Waals surface area contributed by atoms with Crippen molar-refractivity contribution in [1.29, 1.82) is 0 Å². The second-order valence-corrected chi connectivity index (χ2v) is 8.04. The van der Waals surface area contributed by atoms with Gasteiger partial charge in [0, 0.05) is 17.0 Å². The molecule has 0 saturated heterocycles. The molecule has 0 radical (unpaired) electrons. The zero-order valence-electron chi connectivity index (χ0n) is 14.5. The van der Waals surface area contributed by atoms with Gasteiger partial charge in [-0.3, -0.25) is 14.5 Å². The summed E-state index contributed by atoms with van der Waals surface area (Å²) in [5.41, 5.74) is 0.700. The van der Waals surface area contributed by atoms with Crippen molar-refractivity contribution < 1.29 is 14.0 Å². The molecule has 0 N–H and O–H groups in total. The molecule has 0 unspecified atom stereocenters. The molecule has 4 rings (SSSR count). The Bertz CT molecular complexity index is 880. The topological polar surface area (TPSA) is 67.6 Å². The summed E-state index contributed by atoms with van der Waals surface area (Å²) in [6.07, 6.45) is 6.34. The zero-order chi connectivity index (χ0) is 18.1. The minimum Gasteiger partial charge on any atom is -0.426 e. The maximum absolute atomic E-state index is 13.0. The summed E-state index contributed by atoms with van der Waals surface area (Å²) in [5.74, 6) is -0.278. The monoisotopic (exact) mass is 371 g/mol. The molecule has 1 saturated carbocycles. The number of rotatable bonds is 6. The third-order valence-electron chi connectivity index (χ3n) is 5.27. The van der Waals surface area contributed by atoms with E-state index < -0.39 is 5.63 Å². The van der Waals surface area contributed by atoms with Gasteiger partial charge in [-0.15, -0.1) is 11.3 Å². The summed E-state index contributed by atoms with van der Waals surface area (Å²) >= 11 is 1.74. The van der Waals surface area contributed by atoms with E-state index in [0.29, 0.717) is 12.0 Å². The lowest BCUT2D eigenvalue weighted by atomic mass is 9.88. The van der Waals surface area contributed by atoms with Crippen LogP contribution >= 0.6 is 11.3 Å². The fraction of sp³-hybridized carbons (Fsp3) is 0.450. The predicted octanol–water partition coefficient (Wildman–Crippen LogP) is 3.34. The van der Waals surface area contributed by atoms with Crippen molar-refractivity contribution in [3.63, 3.8) is 0 Å². The maximum atomic E-state index is 13.0. The van der Waals surface area contributed by atoms with Crippen molar-refractivity contribution in [2.75, 3.05) is 0 Å². The molecule has 2 amide bonds. The summed E-state index contributed by atoms with van der Waals surface area (Å²) in [4.78, 5) is 39.9. The lowest BCUT2D eigenvalue weighted by Crippen LogP contribution is -2.51. The number of hydrogen-bond donors (Lipinski definition) is 0. The van der Waals surface area contributed by atoms with Gasteiger partial charge in [0.25, 0.3) is 5.91 Å². The first-order valence-electron chi connectivity index (χ1n) is 9.18. The molecule has 5 nitrogen and oxygen atoms in total. The number of imide groups is 1. The Balaban J connectivity index is 1.53. The first-order valence-corrected chi connectivity index (χ1v) is 10.1.